The monoisotopic (exact) mass is 868 g/mol. The lowest BCUT2D eigenvalue weighted by Crippen LogP contribution is -2.59. The molecule has 0 saturated carbocycles. The summed E-state index contributed by atoms with van der Waals surface area (Å²) in [6, 6.07) is -0.842. The highest BCUT2D eigenvalue weighted by Gasteiger charge is 2.44. The first-order chi connectivity index (χ1) is 29.8. The standard InChI is InChI=1S/C50H97N3O8/c1-3-5-7-9-11-13-15-17-18-19-20-21-22-23-24-25-26-27-29-31-33-35-37-42-39-53(52-51-42)43(41-60-50-49(59)48(58)47(57)45(40-54)61-50)46(56)44(55)38-36-34-32-30-28-16-14-12-10-8-6-4-2/h39,43-50,54-59H,3-38,40-41H2,1-2H3/t43-,44+,45?,46-,47?,48?,49?,50?/m0/s1. The van der Waals surface area contributed by atoms with Crippen LogP contribution in [0.4, 0.5) is 0 Å². The van der Waals surface area contributed by atoms with Gasteiger partial charge < -0.3 is 40.1 Å². The summed E-state index contributed by atoms with van der Waals surface area (Å²) in [4.78, 5) is 0. The van der Waals surface area contributed by atoms with Crippen molar-refractivity contribution in [3.8, 4) is 0 Å². The largest absolute Gasteiger partial charge is 0.394 e. The second kappa shape index (κ2) is 38.1. The van der Waals surface area contributed by atoms with Gasteiger partial charge in [0.25, 0.3) is 0 Å². The van der Waals surface area contributed by atoms with E-state index >= 15 is 0 Å². The Labute approximate surface area is 373 Å². The molecule has 1 aromatic rings. The van der Waals surface area contributed by atoms with E-state index < -0.39 is 55.6 Å². The summed E-state index contributed by atoms with van der Waals surface area (Å²) in [7, 11) is 0. The molecule has 1 aliphatic heterocycles. The topological polar surface area (TPSA) is 171 Å². The maximum atomic E-state index is 11.4. The molecule has 8 atom stereocenters. The van der Waals surface area contributed by atoms with E-state index in [4.69, 9.17) is 9.47 Å². The van der Waals surface area contributed by atoms with Crippen molar-refractivity contribution < 1.29 is 40.1 Å². The zero-order valence-corrected chi connectivity index (χ0v) is 39.4. The SMILES string of the molecule is CCCCCCCCCCCCCCCCCCCCCCCCc1cn([C@@H](COC2OC(CO)C(O)C(O)C2O)[C@H](O)[C@H](O)CCCCCCCCCCCCCC)nn1. The summed E-state index contributed by atoms with van der Waals surface area (Å²) >= 11 is 0. The fraction of sp³-hybridized carbons (Fsp3) is 0.960. The smallest absolute Gasteiger partial charge is 0.186 e. The molecule has 0 bridgehead atoms. The van der Waals surface area contributed by atoms with Crippen LogP contribution in [0.25, 0.3) is 0 Å². The molecule has 1 aliphatic rings. The van der Waals surface area contributed by atoms with Gasteiger partial charge in [-0.15, -0.1) is 5.10 Å². The lowest BCUT2D eigenvalue weighted by molar-refractivity contribution is -0.304. The molecule has 11 heteroatoms. The minimum absolute atomic E-state index is 0.207. The van der Waals surface area contributed by atoms with E-state index in [9.17, 15) is 30.6 Å². The summed E-state index contributed by atoms with van der Waals surface area (Å²) < 4.78 is 12.9. The van der Waals surface area contributed by atoms with Crippen molar-refractivity contribution in [2.24, 2.45) is 0 Å². The zero-order valence-electron chi connectivity index (χ0n) is 39.4. The Morgan fingerprint density at radius 1 is 0.557 bits per heavy atom. The Morgan fingerprint density at radius 3 is 1.36 bits per heavy atom. The van der Waals surface area contributed by atoms with Crippen LogP contribution in [0.1, 0.15) is 250 Å². The van der Waals surface area contributed by atoms with Gasteiger partial charge in [0.1, 0.15) is 36.6 Å². The van der Waals surface area contributed by atoms with Crippen LogP contribution in [0.3, 0.4) is 0 Å². The first kappa shape index (κ1) is 56.0. The number of unbranched alkanes of at least 4 members (excludes halogenated alkanes) is 32. The van der Waals surface area contributed by atoms with Gasteiger partial charge in [0.15, 0.2) is 6.29 Å². The molecule has 5 unspecified atom stereocenters. The average Bonchev–Trinajstić information content (AvgIpc) is 3.74. The Bertz CT molecular complexity index is 1100. The number of rotatable bonds is 43. The van der Waals surface area contributed by atoms with Crippen LogP contribution in [0.5, 0.6) is 0 Å². The van der Waals surface area contributed by atoms with Gasteiger partial charge in [-0.05, 0) is 19.3 Å². The van der Waals surface area contributed by atoms with Crippen LogP contribution in [0.15, 0.2) is 6.20 Å². The van der Waals surface area contributed by atoms with E-state index in [0.717, 1.165) is 44.2 Å². The maximum absolute atomic E-state index is 11.4. The molecule has 0 aromatic carbocycles. The first-order valence-corrected chi connectivity index (χ1v) is 26.0. The van der Waals surface area contributed by atoms with Crippen molar-refractivity contribution in [2.45, 2.75) is 294 Å². The van der Waals surface area contributed by atoms with E-state index in [1.807, 2.05) is 0 Å². The lowest BCUT2D eigenvalue weighted by atomic mass is 9.98. The van der Waals surface area contributed by atoms with E-state index in [1.54, 1.807) is 6.20 Å². The average molecular weight is 868 g/mol. The number of nitrogens with zero attached hydrogens (tertiary/aromatic N) is 3. The molecule has 11 nitrogen and oxygen atoms in total. The van der Waals surface area contributed by atoms with Crippen LogP contribution < -0.4 is 0 Å². The number of aryl methyl sites for hydroxylation is 1. The molecule has 1 fully saturated rings. The molecule has 360 valence electrons. The summed E-state index contributed by atoms with van der Waals surface area (Å²) in [5.74, 6) is 0. The molecular weight excluding hydrogens is 771 g/mol. The number of aliphatic hydroxyl groups is 6. The normalized spacial score (nSPS) is 21.0. The molecule has 2 rings (SSSR count). The van der Waals surface area contributed by atoms with E-state index in [2.05, 4.69) is 24.2 Å². The van der Waals surface area contributed by atoms with Crippen LogP contribution in [0.2, 0.25) is 0 Å². The Morgan fingerprint density at radius 2 is 0.951 bits per heavy atom. The maximum Gasteiger partial charge on any atom is 0.186 e. The van der Waals surface area contributed by atoms with E-state index in [-0.39, 0.29) is 6.61 Å². The van der Waals surface area contributed by atoms with Crippen molar-refractivity contribution in [1.82, 2.24) is 15.0 Å². The predicted octanol–water partition coefficient (Wildman–Crippen LogP) is 10.6. The van der Waals surface area contributed by atoms with Crippen molar-refractivity contribution in [3.63, 3.8) is 0 Å². The lowest BCUT2D eigenvalue weighted by Gasteiger charge is -2.40. The molecule has 1 saturated heterocycles. The summed E-state index contributed by atoms with van der Waals surface area (Å²) in [6.07, 6.45) is 37.9. The number of hydrogen-bond donors (Lipinski definition) is 6. The Hall–Kier alpha value is -1.18. The van der Waals surface area contributed by atoms with Gasteiger partial charge in [0, 0.05) is 6.20 Å². The van der Waals surface area contributed by atoms with E-state index in [0.29, 0.717) is 6.42 Å². The summed E-state index contributed by atoms with van der Waals surface area (Å²) in [5.41, 5.74) is 0.800. The highest BCUT2D eigenvalue weighted by Crippen LogP contribution is 2.26. The second-order valence-electron chi connectivity index (χ2n) is 18.7. The Balaban J connectivity index is 1.66. The van der Waals surface area contributed by atoms with Crippen LogP contribution in [0, 0.1) is 0 Å². The van der Waals surface area contributed by atoms with Gasteiger partial charge in [-0.3, -0.25) is 0 Å². The first-order valence-electron chi connectivity index (χ1n) is 26.0. The molecule has 2 heterocycles. The minimum Gasteiger partial charge on any atom is -0.394 e. The molecule has 61 heavy (non-hydrogen) atoms. The number of aromatic nitrogens is 3. The predicted molar refractivity (Wildman–Crippen MR) is 247 cm³/mol. The molecular formula is C50H97N3O8. The Kier molecular flexibility index (Phi) is 35.0. The summed E-state index contributed by atoms with van der Waals surface area (Å²) in [6.45, 7) is 3.76. The van der Waals surface area contributed by atoms with Crippen molar-refractivity contribution in [3.05, 3.63) is 11.9 Å². The zero-order chi connectivity index (χ0) is 44.2. The fourth-order valence-electron chi connectivity index (χ4n) is 8.86. The second-order valence-corrected chi connectivity index (χ2v) is 18.7. The number of hydrogen-bond acceptors (Lipinski definition) is 10. The van der Waals surface area contributed by atoms with Gasteiger partial charge in [0.05, 0.1) is 25.0 Å². The van der Waals surface area contributed by atoms with Gasteiger partial charge in [0.2, 0.25) is 0 Å². The number of aliphatic hydroxyl groups excluding tert-OH is 6. The molecule has 6 N–H and O–H groups in total. The molecule has 0 amide bonds. The van der Waals surface area contributed by atoms with Crippen molar-refractivity contribution in [1.29, 1.82) is 0 Å². The fourth-order valence-corrected chi connectivity index (χ4v) is 8.86. The quantitative estimate of drug-likeness (QED) is 0.0347. The molecule has 0 radical (unpaired) electrons. The number of ether oxygens (including phenoxy) is 2. The minimum atomic E-state index is -1.58. The highest BCUT2D eigenvalue weighted by molar-refractivity contribution is 4.96. The molecule has 0 spiro atoms. The third-order valence-electron chi connectivity index (χ3n) is 13.1. The van der Waals surface area contributed by atoms with Gasteiger partial charge in [-0.25, -0.2) is 4.68 Å². The van der Waals surface area contributed by atoms with Gasteiger partial charge in [-0.1, -0.05) is 231 Å². The van der Waals surface area contributed by atoms with Crippen LogP contribution in [-0.2, 0) is 15.9 Å². The van der Waals surface area contributed by atoms with Gasteiger partial charge >= 0.3 is 0 Å². The third kappa shape index (κ3) is 26.4. The summed E-state index contributed by atoms with van der Waals surface area (Å²) in [5, 5.41) is 71.8. The van der Waals surface area contributed by atoms with Gasteiger partial charge in [-0.2, -0.15) is 0 Å². The van der Waals surface area contributed by atoms with Crippen molar-refractivity contribution >= 4 is 0 Å². The van der Waals surface area contributed by atoms with Crippen LogP contribution >= 0.6 is 0 Å². The van der Waals surface area contributed by atoms with Crippen LogP contribution in [-0.4, -0.2) is 102 Å². The molecule has 1 aromatic heterocycles. The third-order valence-corrected chi connectivity index (χ3v) is 13.1. The van der Waals surface area contributed by atoms with E-state index in [1.165, 1.54) is 191 Å². The molecule has 0 aliphatic carbocycles. The highest BCUT2D eigenvalue weighted by atomic mass is 16.7. The van der Waals surface area contributed by atoms with Crippen molar-refractivity contribution in [2.75, 3.05) is 13.2 Å².